The molecular formula is C13H15N3O. The van der Waals surface area contributed by atoms with Crippen LogP contribution in [0.25, 0.3) is 11.3 Å². The first-order valence-electron chi connectivity index (χ1n) is 5.62. The van der Waals surface area contributed by atoms with Crippen molar-refractivity contribution in [2.75, 3.05) is 12.3 Å². The van der Waals surface area contributed by atoms with Gasteiger partial charge >= 0.3 is 0 Å². The summed E-state index contributed by atoms with van der Waals surface area (Å²) in [6.07, 6.45) is 0.935. The molecule has 0 saturated heterocycles. The zero-order valence-corrected chi connectivity index (χ0v) is 9.76. The maximum atomic E-state index is 5.67. The molecule has 0 radical (unpaired) electrons. The lowest BCUT2D eigenvalue weighted by molar-refractivity contribution is 0.305. The molecule has 0 aliphatic heterocycles. The van der Waals surface area contributed by atoms with Gasteiger partial charge in [0.2, 0.25) is 11.8 Å². The van der Waals surface area contributed by atoms with E-state index >= 15 is 0 Å². The Morgan fingerprint density at radius 2 is 1.94 bits per heavy atom. The van der Waals surface area contributed by atoms with Gasteiger partial charge in [-0.3, -0.25) is 0 Å². The van der Waals surface area contributed by atoms with Crippen LogP contribution in [0.15, 0.2) is 36.4 Å². The van der Waals surface area contributed by atoms with Crippen molar-refractivity contribution in [3.63, 3.8) is 0 Å². The van der Waals surface area contributed by atoms with Crippen molar-refractivity contribution in [3.05, 3.63) is 36.4 Å². The SMILES string of the molecule is CCCOc1cc(-c2ccccc2)nc(N)n1. The van der Waals surface area contributed by atoms with Crippen LogP contribution < -0.4 is 10.5 Å². The quantitative estimate of drug-likeness (QED) is 0.875. The van der Waals surface area contributed by atoms with Crippen LogP contribution in [-0.4, -0.2) is 16.6 Å². The molecule has 0 atom stereocenters. The van der Waals surface area contributed by atoms with Gasteiger partial charge in [-0.15, -0.1) is 0 Å². The van der Waals surface area contributed by atoms with E-state index in [2.05, 4.69) is 9.97 Å². The molecule has 1 aromatic carbocycles. The summed E-state index contributed by atoms with van der Waals surface area (Å²) in [5, 5.41) is 0. The largest absolute Gasteiger partial charge is 0.478 e. The summed E-state index contributed by atoms with van der Waals surface area (Å²) in [6, 6.07) is 11.6. The van der Waals surface area contributed by atoms with Gasteiger partial charge in [-0.1, -0.05) is 37.3 Å². The fraction of sp³-hybridized carbons (Fsp3) is 0.231. The number of hydrogen-bond donors (Lipinski definition) is 1. The standard InChI is InChI=1S/C13H15N3O/c1-2-8-17-12-9-11(15-13(14)16-12)10-6-4-3-5-7-10/h3-7,9H,2,8H2,1H3,(H2,14,15,16). The Hall–Kier alpha value is -2.10. The highest BCUT2D eigenvalue weighted by Crippen LogP contribution is 2.21. The Bertz CT molecular complexity index is 485. The van der Waals surface area contributed by atoms with Crippen molar-refractivity contribution >= 4 is 5.95 Å². The molecule has 0 fully saturated rings. The van der Waals surface area contributed by atoms with Crippen LogP contribution in [0.4, 0.5) is 5.95 Å². The Morgan fingerprint density at radius 3 is 2.65 bits per heavy atom. The normalized spacial score (nSPS) is 10.2. The first-order chi connectivity index (χ1) is 8.29. The number of nitrogen functional groups attached to an aromatic ring is 1. The van der Waals surface area contributed by atoms with Crippen molar-refractivity contribution in [2.45, 2.75) is 13.3 Å². The Kier molecular flexibility index (Phi) is 3.55. The van der Waals surface area contributed by atoms with E-state index in [0.717, 1.165) is 17.7 Å². The van der Waals surface area contributed by atoms with Crippen molar-refractivity contribution in [1.82, 2.24) is 9.97 Å². The zero-order valence-electron chi connectivity index (χ0n) is 9.76. The fourth-order valence-electron chi connectivity index (χ4n) is 1.48. The average Bonchev–Trinajstić information content (AvgIpc) is 2.37. The first kappa shape index (κ1) is 11.4. The number of anilines is 1. The van der Waals surface area contributed by atoms with Gasteiger partial charge in [0.1, 0.15) is 0 Å². The molecule has 4 heteroatoms. The van der Waals surface area contributed by atoms with Crippen LogP contribution in [0.1, 0.15) is 13.3 Å². The molecule has 0 saturated carbocycles. The van der Waals surface area contributed by atoms with E-state index in [9.17, 15) is 0 Å². The summed E-state index contributed by atoms with van der Waals surface area (Å²) in [5.41, 5.74) is 7.45. The van der Waals surface area contributed by atoms with Crippen LogP contribution in [0, 0.1) is 0 Å². The third kappa shape index (κ3) is 2.93. The highest BCUT2D eigenvalue weighted by molar-refractivity contribution is 5.61. The second-order valence-corrected chi connectivity index (χ2v) is 3.66. The van der Waals surface area contributed by atoms with Crippen LogP contribution in [0.5, 0.6) is 5.88 Å². The topological polar surface area (TPSA) is 61.0 Å². The van der Waals surface area contributed by atoms with E-state index in [0.29, 0.717) is 12.5 Å². The third-order valence-corrected chi connectivity index (χ3v) is 2.24. The third-order valence-electron chi connectivity index (χ3n) is 2.24. The molecule has 2 rings (SSSR count). The van der Waals surface area contributed by atoms with E-state index in [-0.39, 0.29) is 5.95 Å². The van der Waals surface area contributed by atoms with E-state index in [1.807, 2.05) is 37.3 Å². The highest BCUT2D eigenvalue weighted by Gasteiger charge is 2.05. The summed E-state index contributed by atoms with van der Waals surface area (Å²) in [6.45, 7) is 2.67. The van der Waals surface area contributed by atoms with E-state index < -0.39 is 0 Å². The van der Waals surface area contributed by atoms with Crippen molar-refractivity contribution in [3.8, 4) is 17.1 Å². The first-order valence-corrected chi connectivity index (χ1v) is 5.62. The van der Waals surface area contributed by atoms with Crippen LogP contribution in [0.2, 0.25) is 0 Å². The van der Waals surface area contributed by atoms with Gasteiger partial charge in [-0.25, -0.2) is 4.98 Å². The maximum absolute atomic E-state index is 5.67. The predicted molar refractivity (Wildman–Crippen MR) is 67.7 cm³/mol. The molecule has 0 bridgehead atoms. The summed E-state index contributed by atoms with van der Waals surface area (Å²) < 4.78 is 5.47. The Labute approximate surface area is 100 Å². The maximum Gasteiger partial charge on any atom is 0.223 e. The minimum absolute atomic E-state index is 0.234. The number of rotatable bonds is 4. The van der Waals surface area contributed by atoms with Crippen molar-refractivity contribution < 1.29 is 4.74 Å². The molecule has 0 unspecified atom stereocenters. The summed E-state index contributed by atoms with van der Waals surface area (Å²) >= 11 is 0. The highest BCUT2D eigenvalue weighted by atomic mass is 16.5. The minimum Gasteiger partial charge on any atom is -0.478 e. The van der Waals surface area contributed by atoms with Gasteiger partial charge in [0, 0.05) is 11.6 Å². The van der Waals surface area contributed by atoms with Crippen LogP contribution >= 0.6 is 0 Å². The number of nitrogens with zero attached hydrogens (tertiary/aromatic N) is 2. The van der Waals surface area contributed by atoms with E-state index in [4.69, 9.17) is 10.5 Å². The molecule has 1 heterocycles. The summed E-state index contributed by atoms with van der Waals surface area (Å²) in [4.78, 5) is 8.24. The van der Waals surface area contributed by atoms with Gasteiger partial charge in [-0.2, -0.15) is 4.98 Å². The number of hydrogen-bond acceptors (Lipinski definition) is 4. The summed E-state index contributed by atoms with van der Waals surface area (Å²) in [7, 11) is 0. The van der Waals surface area contributed by atoms with Crippen LogP contribution in [0.3, 0.4) is 0 Å². The van der Waals surface area contributed by atoms with Gasteiger partial charge in [0.15, 0.2) is 0 Å². The lowest BCUT2D eigenvalue weighted by Gasteiger charge is -2.06. The second-order valence-electron chi connectivity index (χ2n) is 3.66. The fourth-order valence-corrected chi connectivity index (χ4v) is 1.48. The van der Waals surface area contributed by atoms with Gasteiger partial charge in [0.05, 0.1) is 12.3 Å². The molecule has 17 heavy (non-hydrogen) atoms. The smallest absolute Gasteiger partial charge is 0.223 e. The minimum atomic E-state index is 0.234. The van der Waals surface area contributed by atoms with Gasteiger partial charge in [0.25, 0.3) is 0 Å². The van der Waals surface area contributed by atoms with E-state index in [1.54, 1.807) is 6.07 Å². The Morgan fingerprint density at radius 1 is 1.18 bits per heavy atom. The molecule has 0 aliphatic carbocycles. The lowest BCUT2D eigenvalue weighted by atomic mass is 10.1. The van der Waals surface area contributed by atoms with E-state index in [1.165, 1.54) is 0 Å². The number of benzene rings is 1. The monoisotopic (exact) mass is 229 g/mol. The lowest BCUT2D eigenvalue weighted by Crippen LogP contribution is -2.02. The molecule has 2 N–H and O–H groups in total. The molecule has 0 amide bonds. The summed E-state index contributed by atoms with van der Waals surface area (Å²) in [5.74, 6) is 0.760. The molecule has 1 aromatic heterocycles. The number of aromatic nitrogens is 2. The molecule has 0 aliphatic rings. The average molecular weight is 229 g/mol. The zero-order chi connectivity index (χ0) is 12.1. The van der Waals surface area contributed by atoms with Gasteiger partial charge < -0.3 is 10.5 Å². The van der Waals surface area contributed by atoms with Crippen LogP contribution in [-0.2, 0) is 0 Å². The molecule has 0 spiro atoms. The van der Waals surface area contributed by atoms with Crippen molar-refractivity contribution in [2.24, 2.45) is 0 Å². The molecule has 88 valence electrons. The number of nitrogens with two attached hydrogens (primary N) is 1. The molecule has 4 nitrogen and oxygen atoms in total. The molecule has 2 aromatic rings. The van der Waals surface area contributed by atoms with Gasteiger partial charge in [-0.05, 0) is 6.42 Å². The number of ether oxygens (including phenoxy) is 1. The van der Waals surface area contributed by atoms with Crippen molar-refractivity contribution in [1.29, 1.82) is 0 Å². The Balaban J connectivity index is 2.32. The predicted octanol–water partition coefficient (Wildman–Crippen LogP) is 2.51. The molecular weight excluding hydrogens is 214 g/mol. The second kappa shape index (κ2) is 5.30.